The summed E-state index contributed by atoms with van der Waals surface area (Å²) < 4.78 is 5.77. The van der Waals surface area contributed by atoms with Crippen LogP contribution in [0.25, 0.3) is 10.9 Å². The lowest BCUT2D eigenvalue weighted by molar-refractivity contribution is 0.0955. The summed E-state index contributed by atoms with van der Waals surface area (Å²) in [4.78, 5) is 26.7. The molecule has 1 heterocycles. The first-order valence-electron chi connectivity index (χ1n) is 6.92. The molecule has 0 saturated carbocycles. The number of aromatic nitrogens is 1. The molecule has 1 amide bonds. The van der Waals surface area contributed by atoms with Gasteiger partial charge in [-0.15, -0.1) is 0 Å². The lowest BCUT2D eigenvalue weighted by atomic mass is 10.1. The number of hydrogen-bond acceptors (Lipinski definition) is 4. The van der Waals surface area contributed by atoms with E-state index in [-0.39, 0.29) is 11.5 Å². The first-order chi connectivity index (χ1) is 10.6. The summed E-state index contributed by atoms with van der Waals surface area (Å²) in [7, 11) is 1.64. The minimum Gasteiger partial charge on any atom is -0.383 e. The second-order valence-electron chi connectivity index (χ2n) is 4.74. The van der Waals surface area contributed by atoms with Gasteiger partial charge in [-0.3, -0.25) is 9.59 Å². The van der Waals surface area contributed by atoms with Gasteiger partial charge in [-0.25, -0.2) is 0 Å². The Bertz CT molecular complexity index is 715. The van der Waals surface area contributed by atoms with Gasteiger partial charge in [0.25, 0.3) is 5.91 Å². The van der Waals surface area contributed by atoms with E-state index >= 15 is 0 Å². The highest BCUT2D eigenvalue weighted by Crippen LogP contribution is 2.20. The van der Waals surface area contributed by atoms with E-state index in [0.29, 0.717) is 36.2 Å². The minimum absolute atomic E-state index is 0.261. The van der Waals surface area contributed by atoms with Crippen LogP contribution in [0.4, 0.5) is 0 Å². The zero-order chi connectivity index (χ0) is 15.9. The number of carbonyl (C=O) groups is 1. The molecule has 6 nitrogen and oxygen atoms in total. The third-order valence-corrected chi connectivity index (χ3v) is 3.61. The Morgan fingerprint density at radius 1 is 1.27 bits per heavy atom. The zero-order valence-electron chi connectivity index (χ0n) is 12.2. The van der Waals surface area contributed by atoms with E-state index < -0.39 is 0 Å². The summed E-state index contributed by atoms with van der Waals surface area (Å²) in [5.41, 5.74) is 0.717. The van der Waals surface area contributed by atoms with Gasteiger partial charge in [0.05, 0.1) is 12.2 Å². The monoisotopic (exact) mass is 367 g/mol. The molecule has 118 valence electrons. The lowest BCUT2D eigenvalue weighted by Gasteiger charge is -2.09. The third kappa shape index (κ3) is 4.40. The summed E-state index contributed by atoms with van der Waals surface area (Å²) in [6, 6.07) is 6.73. The van der Waals surface area contributed by atoms with Crippen molar-refractivity contribution < 1.29 is 9.53 Å². The number of rotatable bonds is 7. The maximum atomic E-state index is 12.3. The molecule has 0 fully saturated rings. The smallest absolute Gasteiger partial charge is 0.252 e. The number of fused-ring (bicyclic) bond motifs is 1. The van der Waals surface area contributed by atoms with Crippen LogP contribution >= 0.6 is 15.9 Å². The molecule has 2 rings (SSSR count). The fraction of sp³-hybridized carbons (Fsp3) is 0.333. The standard InChI is InChI=1S/C15H18BrN3O3/c1-22-7-6-17-4-5-18-15(21)12-9-14(20)19-13-3-2-10(16)8-11(12)13/h2-3,8-9,17H,4-7H2,1H3,(H,18,21)(H,19,20). The van der Waals surface area contributed by atoms with Crippen molar-refractivity contribution in [1.29, 1.82) is 0 Å². The van der Waals surface area contributed by atoms with Crippen LogP contribution in [0.1, 0.15) is 10.4 Å². The third-order valence-electron chi connectivity index (χ3n) is 3.12. The van der Waals surface area contributed by atoms with E-state index in [9.17, 15) is 9.59 Å². The van der Waals surface area contributed by atoms with Crippen LogP contribution in [-0.4, -0.2) is 44.2 Å². The first kappa shape index (κ1) is 16.7. The fourth-order valence-electron chi connectivity index (χ4n) is 2.07. The lowest BCUT2D eigenvalue weighted by Crippen LogP contribution is -2.33. The molecule has 1 aromatic carbocycles. The van der Waals surface area contributed by atoms with Gasteiger partial charge in [0.1, 0.15) is 0 Å². The number of pyridine rings is 1. The molecular formula is C15H18BrN3O3. The van der Waals surface area contributed by atoms with E-state index in [1.807, 2.05) is 12.1 Å². The molecule has 0 aliphatic rings. The number of nitrogens with one attached hydrogen (secondary N) is 3. The Hall–Kier alpha value is -1.70. The fourth-order valence-corrected chi connectivity index (χ4v) is 2.43. The van der Waals surface area contributed by atoms with Crippen molar-refractivity contribution in [2.24, 2.45) is 0 Å². The SMILES string of the molecule is COCCNCCNC(=O)c1cc(=O)[nH]c2ccc(Br)cc12. The summed E-state index contributed by atoms with van der Waals surface area (Å²) in [6.07, 6.45) is 0. The quantitative estimate of drug-likeness (QED) is 0.643. The number of methoxy groups -OCH3 is 1. The maximum absolute atomic E-state index is 12.3. The number of benzene rings is 1. The summed E-state index contributed by atoms with van der Waals surface area (Å²) in [5.74, 6) is -0.261. The topological polar surface area (TPSA) is 83.2 Å². The Morgan fingerprint density at radius 3 is 2.86 bits per heavy atom. The van der Waals surface area contributed by atoms with E-state index in [4.69, 9.17) is 4.74 Å². The van der Waals surface area contributed by atoms with Crippen LogP contribution < -0.4 is 16.2 Å². The Balaban J connectivity index is 2.07. The highest BCUT2D eigenvalue weighted by atomic mass is 79.9. The second-order valence-corrected chi connectivity index (χ2v) is 5.65. The molecule has 0 aliphatic heterocycles. The molecule has 0 atom stereocenters. The molecule has 0 radical (unpaired) electrons. The van der Waals surface area contributed by atoms with Gasteiger partial charge in [-0.2, -0.15) is 0 Å². The largest absolute Gasteiger partial charge is 0.383 e. The second kappa shape index (κ2) is 8.07. The molecule has 22 heavy (non-hydrogen) atoms. The highest BCUT2D eigenvalue weighted by Gasteiger charge is 2.11. The van der Waals surface area contributed by atoms with Crippen LogP contribution in [0.15, 0.2) is 33.5 Å². The Labute approximate surface area is 136 Å². The molecule has 0 unspecified atom stereocenters. The van der Waals surface area contributed by atoms with Gasteiger partial charge in [0.2, 0.25) is 5.56 Å². The first-order valence-corrected chi connectivity index (χ1v) is 7.71. The van der Waals surface area contributed by atoms with Crippen molar-refractivity contribution in [2.45, 2.75) is 0 Å². The number of carbonyl (C=O) groups excluding carboxylic acids is 1. The van der Waals surface area contributed by atoms with Crippen molar-refractivity contribution >= 4 is 32.7 Å². The normalized spacial score (nSPS) is 10.8. The van der Waals surface area contributed by atoms with Gasteiger partial charge in [0, 0.05) is 48.2 Å². The number of aromatic amines is 1. The van der Waals surface area contributed by atoms with Crippen LogP contribution in [-0.2, 0) is 4.74 Å². The van der Waals surface area contributed by atoms with Crippen molar-refractivity contribution in [1.82, 2.24) is 15.6 Å². The molecule has 7 heteroatoms. The molecule has 0 spiro atoms. The molecule has 0 aliphatic carbocycles. The van der Waals surface area contributed by atoms with Crippen LogP contribution in [0, 0.1) is 0 Å². The molecule has 3 N–H and O–H groups in total. The highest BCUT2D eigenvalue weighted by molar-refractivity contribution is 9.10. The van der Waals surface area contributed by atoms with Crippen molar-refractivity contribution in [3.63, 3.8) is 0 Å². The van der Waals surface area contributed by atoms with Gasteiger partial charge >= 0.3 is 0 Å². The molecular weight excluding hydrogens is 350 g/mol. The predicted molar refractivity (Wildman–Crippen MR) is 89.3 cm³/mol. The van der Waals surface area contributed by atoms with Gasteiger partial charge in [0.15, 0.2) is 0 Å². The number of hydrogen-bond donors (Lipinski definition) is 3. The number of amides is 1. The van der Waals surface area contributed by atoms with Crippen molar-refractivity contribution in [3.8, 4) is 0 Å². The van der Waals surface area contributed by atoms with E-state index in [1.54, 1.807) is 13.2 Å². The van der Waals surface area contributed by atoms with Gasteiger partial charge in [-0.1, -0.05) is 15.9 Å². The summed E-state index contributed by atoms with van der Waals surface area (Å²) in [6.45, 7) is 2.47. The van der Waals surface area contributed by atoms with Crippen LogP contribution in [0.5, 0.6) is 0 Å². The average molecular weight is 368 g/mol. The zero-order valence-corrected chi connectivity index (χ0v) is 13.8. The minimum atomic E-state index is -0.293. The van der Waals surface area contributed by atoms with E-state index in [1.165, 1.54) is 6.07 Å². The van der Waals surface area contributed by atoms with E-state index in [2.05, 4.69) is 31.5 Å². The van der Waals surface area contributed by atoms with Crippen molar-refractivity contribution in [3.05, 3.63) is 44.7 Å². The molecule has 0 bridgehead atoms. The van der Waals surface area contributed by atoms with Gasteiger partial charge in [-0.05, 0) is 18.2 Å². The predicted octanol–water partition coefficient (Wildman–Crippen LogP) is 1.26. The molecule has 1 aromatic heterocycles. The van der Waals surface area contributed by atoms with Gasteiger partial charge < -0.3 is 20.4 Å². The van der Waals surface area contributed by atoms with Crippen LogP contribution in [0.3, 0.4) is 0 Å². The molecule has 2 aromatic rings. The number of halogens is 1. The average Bonchev–Trinajstić information content (AvgIpc) is 2.50. The summed E-state index contributed by atoms with van der Waals surface area (Å²) in [5, 5.41) is 6.65. The Kier molecular flexibility index (Phi) is 6.11. The molecule has 0 saturated heterocycles. The summed E-state index contributed by atoms with van der Waals surface area (Å²) >= 11 is 3.38. The van der Waals surface area contributed by atoms with E-state index in [0.717, 1.165) is 11.0 Å². The number of ether oxygens (including phenoxy) is 1. The Morgan fingerprint density at radius 2 is 2.09 bits per heavy atom. The van der Waals surface area contributed by atoms with Crippen LogP contribution in [0.2, 0.25) is 0 Å². The number of H-pyrrole nitrogens is 1. The maximum Gasteiger partial charge on any atom is 0.252 e. The van der Waals surface area contributed by atoms with Crippen molar-refractivity contribution in [2.75, 3.05) is 33.4 Å².